The average Bonchev–Trinajstić information content (AvgIpc) is 2.53. The highest BCUT2D eigenvalue weighted by atomic mass is 16.5. The maximum absolute atomic E-state index is 12.0. The normalized spacial score (nSPS) is 16.6. The van der Waals surface area contributed by atoms with E-state index in [0.29, 0.717) is 17.9 Å². The fourth-order valence-electron chi connectivity index (χ4n) is 2.79. The summed E-state index contributed by atoms with van der Waals surface area (Å²) in [6.45, 7) is 0. The van der Waals surface area contributed by atoms with Gasteiger partial charge in [-0.2, -0.15) is 0 Å². The first kappa shape index (κ1) is 14.3. The Labute approximate surface area is 128 Å². The summed E-state index contributed by atoms with van der Waals surface area (Å²) >= 11 is 0. The molecule has 1 heterocycles. The molecular weight excluding hydrogens is 282 g/mol. The number of rotatable bonds is 3. The number of aromatic hydroxyl groups is 1. The number of anilines is 1. The summed E-state index contributed by atoms with van der Waals surface area (Å²) in [5.74, 6) is 1.02. The molecule has 22 heavy (non-hydrogen) atoms. The van der Waals surface area contributed by atoms with Crippen molar-refractivity contribution >= 4 is 11.6 Å². The molecule has 1 aliphatic heterocycles. The van der Waals surface area contributed by atoms with Crippen LogP contribution in [0.2, 0.25) is 0 Å². The molecule has 5 nitrogen and oxygen atoms in total. The first-order valence-corrected chi connectivity index (χ1v) is 6.97. The molecule has 2 aromatic rings. The Morgan fingerprint density at radius 3 is 2.64 bits per heavy atom. The third-order valence-corrected chi connectivity index (χ3v) is 3.90. The van der Waals surface area contributed by atoms with Crippen LogP contribution in [0.1, 0.15) is 23.5 Å². The van der Waals surface area contributed by atoms with Crippen LogP contribution in [-0.4, -0.2) is 25.2 Å². The Kier molecular flexibility index (Phi) is 3.63. The van der Waals surface area contributed by atoms with E-state index < -0.39 is 0 Å². The van der Waals surface area contributed by atoms with Crippen LogP contribution in [-0.2, 0) is 4.79 Å². The van der Waals surface area contributed by atoms with Crippen molar-refractivity contribution in [2.24, 2.45) is 0 Å². The molecule has 0 radical (unpaired) electrons. The Balaban J connectivity index is 2.05. The van der Waals surface area contributed by atoms with Gasteiger partial charge < -0.3 is 19.9 Å². The summed E-state index contributed by atoms with van der Waals surface area (Å²) in [6.07, 6.45) is 0.338. The van der Waals surface area contributed by atoms with Crippen LogP contribution >= 0.6 is 0 Å². The number of hydrogen-bond acceptors (Lipinski definition) is 4. The van der Waals surface area contributed by atoms with Crippen molar-refractivity contribution in [3.63, 3.8) is 0 Å². The van der Waals surface area contributed by atoms with Gasteiger partial charge in [-0.05, 0) is 29.3 Å². The second kappa shape index (κ2) is 5.60. The number of carbonyl (C=O) groups is 1. The molecule has 0 spiro atoms. The van der Waals surface area contributed by atoms with Crippen LogP contribution in [0.4, 0.5) is 5.69 Å². The molecule has 1 amide bonds. The van der Waals surface area contributed by atoms with E-state index in [0.717, 1.165) is 16.8 Å². The number of benzene rings is 2. The number of fused-ring (bicyclic) bond motifs is 1. The predicted octanol–water partition coefficient (Wildman–Crippen LogP) is 2.88. The summed E-state index contributed by atoms with van der Waals surface area (Å²) in [4.78, 5) is 12.0. The van der Waals surface area contributed by atoms with Gasteiger partial charge in [-0.15, -0.1) is 0 Å². The standard InChI is InChI=1S/C17H17NO4/c1-21-11-4-5-12-13(9-17(20)18-14(12)8-11)10-3-6-16(22-2)15(19)7-10/h3-8,13,19H,9H2,1-2H3,(H,18,20). The highest BCUT2D eigenvalue weighted by Crippen LogP contribution is 2.40. The summed E-state index contributed by atoms with van der Waals surface area (Å²) in [7, 11) is 3.09. The van der Waals surface area contributed by atoms with E-state index in [1.807, 2.05) is 24.3 Å². The zero-order chi connectivity index (χ0) is 15.7. The molecule has 1 atom stereocenters. The molecular formula is C17H17NO4. The lowest BCUT2D eigenvalue weighted by molar-refractivity contribution is -0.116. The van der Waals surface area contributed by atoms with Crippen molar-refractivity contribution < 1.29 is 19.4 Å². The summed E-state index contributed by atoms with van der Waals surface area (Å²) in [5.41, 5.74) is 2.63. The van der Waals surface area contributed by atoms with E-state index in [-0.39, 0.29) is 17.6 Å². The summed E-state index contributed by atoms with van der Waals surface area (Å²) < 4.78 is 10.3. The van der Waals surface area contributed by atoms with Crippen molar-refractivity contribution in [2.45, 2.75) is 12.3 Å². The molecule has 3 rings (SSSR count). The third-order valence-electron chi connectivity index (χ3n) is 3.90. The van der Waals surface area contributed by atoms with Gasteiger partial charge >= 0.3 is 0 Å². The van der Waals surface area contributed by atoms with Crippen molar-refractivity contribution in [1.82, 2.24) is 0 Å². The molecule has 0 bridgehead atoms. The highest BCUT2D eigenvalue weighted by Gasteiger charge is 2.27. The quantitative estimate of drug-likeness (QED) is 0.914. The monoisotopic (exact) mass is 299 g/mol. The van der Waals surface area contributed by atoms with Gasteiger partial charge in [0.2, 0.25) is 5.91 Å². The minimum atomic E-state index is -0.105. The molecule has 0 saturated heterocycles. The zero-order valence-electron chi connectivity index (χ0n) is 12.4. The summed E-state index contributed by atoms with van der Waals surface area (Å²) in [6, 6.07) is 10.8. The fraction of sp³-hybridized carbons (Fsp3) is 0.235. The van der Waals surface area contributed by atoms with Crippen molar-refractivity contribution in [3.8, 4) is 17.2 Å². The van der Waals surface area contributed by atoms with Crippen molar-refractivity contribution in [3.05, 3.63) is 47.5 Å². The maximum atomic E-state index is 12.0. The van der Waals surface area contributed by atoms with E-state index in [1.165, 1.54) is 7.11 Å². The smallest absolute Gasteiger partial charge is 0.225 e. The Morgan fingerprint density at radius 2 is 1.95 bits per heavy atom. The first-order chi connectivity index (χ1) is 10.6. The lowest BCUT2D eigenvalue weighted by Gasteiger charge is -2.26. The molecule has 5 heteroatoms. The lowest BCUT2D eigenvalue weighted by atomic mass is 9.84. The van der Waals surface area contributed by atoms with Gasteiger partial charge in [0.25, 0.3) is 0 Å². The minimum Gasteiger partial charge on any atom is -0.504 e. The van der Waals surface area contributed by atoms with E-state index >= 15 is 0 Å². The highest BCUT2D eigenvalue weighted by molar-refractivity contribution is 5.95. The second-order valence-corrected chi connectivity index (χ2v) is 5.19. The van der Waals surface area contributed by atoms with Gasteiger partial charge in [-0.3, -0.25) is 4.79 Å². The average molecular weight is 299 g/mol. The number of phenols is 1. The van der Waals surface area contributed by atoms with Gasteiger partial charge in [0.05, 0.1) is 14.2 Å². The third kappa shape index (κ3) is 2.45. The van der Waals surface area contributed by atoms with Gasteiger partial charge in [0, 0.05) is 24.1 Å². The second-order valence-electron chi connectivity index (χ2n) is 5.19. The van der Waals surface area contributed by atoms with E-state index in [9.17, 15) is 9.90 Å². The molecule has 0 aliphatic carbocycles. The number of ether oxygens (including phenoxy) is 2. The number of phenolic OH excluding ortho intramolecular Hbond substituents is 1. The van der Waals surface area contributed by atoms with Gasteiger partial charge in [0.1, 0.15) is 5.75 Å². The van der Waals surface area contributed by atoms with Crippen LogP contribution in [0.5, 0.6) is 17.2 Å². The number of hydrogen-bond donors (Lipinski definition) is 2. The van der Waals surface area contributed by atoms with E-state index in [4.69, 9.17) is 9.47 Å². The Morgan fingerprint density at radius 1 is 1.14 bits per heavy atom. The summed E-state index contributed by atoms with van der Waals surface area (Å²) in [5, 5.41) is 12.8. The number of nitrogens with one attached hydrogen (secondary N) is 1. The lowest BCUT2D eigenvalue weighted by Crippen LogP contribution is -2.23. The number of carbonyl (C=O) groups excluding carboxylic acids is 1. The van der Waals surface area contributed by atoms with Gasteiger partial charge in [-0.25, -0.2) is 0 Å². The first-order valence-electron chi connectivity index (χ1n) is 6.97. The zero-order valence-corrected chi connectivity index (χ0v) is 12.4. The van der Waals surface area contributed by atoms with Crippen molar-refractivity contribution in [1.29, 1.82) is 0 Å². The largest absolute Gasteiger partial charge is 0.504 e. The fourth-order valence-corrected chi connectivity index (χ4v) is 2.79. The maximum Gasteiger partial charge on any atom is 0.225 e. The van der Waals surface area contributed by atoms with Crippen LogP contribution in [0, 0.1) is 0 Å². The van der Waals surface area contributed by atoms with Crippen LogP contribution in [0.25, 0.3) is 0 Å². The molecule has 1 aliphatic rings. The molecule has 2 aromatic carbocycles. The molecule has 0 fully saturated rings. The molecule has 0 saturated carbocycles. The van der Waals surface area contributed by atoms with Crippen LogP contribution in [0.15, 0.2) is 36.4 Å². The van der Waals surface area contributed by atoms with Crippen LogP contribution in [0.3, 0.4) is 0 Å². The number of methoxy groups -OCH3 is 2. The SMILES string of the molecule is COc1ccc2c(c1)NC(=O)CC2c1ccc(OC)c(O)c1. The molecule has 114 valence electrons. The van der Waals surface area contributed by atoms with Gasteiger partial charge in [-0.1, -0.05) is 12.1 Å². The number of amides is 1. The molecule has 0 aromatic heterocycles. The van der Waals surface area contributed by atoms with Crippen LogP contribution < -0.4 is 14.8 Å². The van der Waals surface area contributed by atoms with Crippen molar-refractivity contribution in [2.75, 3.05) is 19.5 Å². The topological polar surface area (TPSA) is 67.8 Å². The van der Waals surface area contributed by atoms with Gasteiger partial charge in [0.15, 0.2) is 11.5 Å². The Hall–Kier alpha value is -2.69. The van der Waals surface area contributed by atoms with E-state index in [1.54, 1.807) is 19.2 Å². The Bertz CT molecular complexity index is 727. The minimum absolute atomic E-state index is 0.0546. The predicted molar refractivity (Wildman–Crippen MR) is 82.7 cm³/mol. The molecule has 2 N–H and O–H groups in total. The van der Waals surface area contributed by atoms with E-state index in [2.05, 4.69) is 5.32 Å². The molecule has 1 unspecified atom stereocenters.